The minimum atomic E-state index is -2.42. The van der Waals surface area contributed by atoms with E-state index >= 15 is 4.39 Å². The lowest BCUT2D eigenvalue weighted by molar-refractivity contribution is -0.118. The lowest BCUT2D eigenvalue weighted by Gasteiger charge is -2.33. The molecule has 0 radical (unpaired) electrons. The van der Waals surface area contributed by atoms with E-state index in [4.69, 9.17) is 0 Å². The van der Waals surface area contributed by atoms with Crippen molar-refractivity contribution in [3.63, 3.8) is 0 Å². The molecule has 3 aromatic carbocycles. The monoisotopic (exact) mass is 649 g/mol. The Kier molecular flexibility index (Phi) is 19.6. The minimum absolute atomic E-state index is 0.00424. The molecule has 3 unspecified atom stereocenters. The summed E-state index contributed by atoms with van der Waals surface area (Å²) in [7, 11) is -2.42. The number of benzene rings is 3. The Morgan fingerprint density at radius 1 is 0.674 bits per heavy atom. The van der Waals surface area contributed by atoms with Crippen LogP contribution in [0, 0.1) is 11.8 Å². The molecule has 0 bridgehead atoms. The Balaban J connectivity index is 0.000000356. The zero-order chi connectivity index (χ0) is 33.6. The van der Waals surface area contributed by atoms with Gasteiger partial charge < -0.3 is 0 Å². The molecular formula is C42H60F2OP+. The standard InChI is InChI=1S/C26H31FP.C16H29FO/c1-3-4-8-15-22(2)26(27)28(23-16-9-5-10-17-23,24-18-11-6-12-19-24)25-20-13-7-14-21-25;1-4-7-9-10-14(6-3)12-15(17)13-16(18)11-8-5-2/h5-7,9-14,16-22,26H,3-4,8,15H2,1-2H3;12,14H,4-11,13H2,1-3H3/q+1;/b;15-12-. The molecule has 4 heteroatoms. The highest BCUT2D eigenvalue weighted by atomic mass is 31.2. The molecule has 0 fully saturated rings. The van der Waals surface area contributed by atoms with Crippen LogP contribution in [-0.2, 0) is 4.79 Å². The Morgan fingerprint density at radius 2 is 1.11 bits per heavy atom. The molecule has 0 saturated carbocycles. The van der Waals surface area contributed by atoms with Crippen molar-refractivity contribution in [3.8, 4) is 0 Å². The summed E-state index contributed by atoms with van der Waals surface area (Å²) >= 11 is 0. The number of rotatable bonds is 20. The van der Waals surface area contributed by atoms with Gasteiger partial charge in [0.2, 0.25) is 5.91 Å². The predicted octanol–water partition coefficient (Wildman–Crippen LogP) is 12.1. The fourth-order valence-electron chi connectivity index (χ4n) is 6.13. The zero-order valence-corrected chi connectivity index (χ0v) is 30.2. The van der Waals surface area contributed by atoms with Crippen molar-refractivity contribution in [2.75, 3.05) is 0 Å². The summed E-state index contributed by atoms with van der Waals surface area (Å²) in [4.78, 5) is 11.5. The number of hydrogen-bond donors (Lipinski definition) is 0. The van der Waals surface area contributed by atoms with E-state index < -0.39 is 13.2 Å². The molecule has 1 nitrogen and oxygen atoms in total. The van der Waals surface area contributed by atoms with Gasteiger partial charge >= 0.3 is 0 Å². The van der Waals surface area contributed by atoms with Gasteiger partial charge in [-0.3, -0.25) is 4.79 Å². The van der Waals surface area contributed by atoms with Gasteiger partial charge in [0, 0.05) is 12.3 Å². The minimum Gasteiger partial charge on any atom is -0.299 e. The van der Waals surface area contributed by atoms with Gasteiger partial charge in [-0.05, 0) is 74.1 Å². The van der Waals surface area contributed by atoms with Crippen molar-refractivity contribution in [3.05, 3.63) is 103 Å². The van der Waals surface area contributed by atoms with Crippen LogP contribution in [0.5, 0.6) is 0 Å². The first-order valence-corrected chi connectivity index (χ1v) is 19.8. The first kappa shape index (κ1) is 39.5. The molecule has 3 rings (SSSR count). The van der Waals surface area contributed by atoms with Gasteiger partial charge in [-0.1, -0.05) is 134 Å². The molecule has 0 aliphatic carbocycles. The predicted molar refractivity (Wildman–Crippen MR) is 200 cm³/mol. The smallest absolute Gasteiger partial charge is 0.221 e. The van der Waals surface area contributed by atoms with E-state index in [1.54, 1.807) is 6.08 Å². The first-order valence-electron chi connectivity index (χ1n) is 17.9. The number of Topliss-reactive ketones (excluding diaryl/α,β-unsaturated/α-hetero) is 1. The van der Waals surface area contributed by atoms with Gasteiger partial charge in [0.15, 0.2) is 0 Å². The van der Waals surface area contributed by atoms with Crippen LogP contribution in [0.2, 0.25) is 0 Å². The number of alkyl halides is 1. The summed E-state index contributed by atoms with van der Waals surface area (Å²) in [5.41, 5.74) is 0. The highest BCUT2D eigenvalue weighted by Crippen LogP contribution is 2.62. The number of halogens is 2. The summed E-state index contributed by atoms with van der Waals surface area (Å²) in [6, 6.07) is 31.1. The number of carbonyl (C=O) groups excluding carboxylic acids is 1. The van der Waals surface area contributed by atoms with E-state index in [1.165, 1.54) is 25.7 Å². The summed E-state index contributed by atoms with van der Waals surface area (Å²) in [6.07, 6.45) is 14.0. The van der Waals surface area contributed by atoms with Crippen LogP contribution < -0.4 is 15.9 Å². The third kappa shape index (κ3) is 12.5. The van der Waals surface area contributed by atoms with Crippen LogP contribution in [0.4, 0.5) is 8.78 Å². The Bertz CT molecular complexity index is 1130. The maximum atomic E-state index is 16.6. The maximum Gasteiger partial charge on any atom is 0.221 e. The molecule has 0 spiro atoms. The number of hydrogen-bond acceptors (Lipinski definition) is 1. The molecule has 252 valence electrons. The van der Waals surface area contributed by atoms with Gasteiger partial charge in [0.25, 0.3) is 0 Å². The summed E-state index contributed by atoms with van der Waals surface area (Å²) in [5.74, 6) is -0.777. The molecule has 0 aliphatic rings. The van der Waals surface area contributed by atoms with E-state index in [0.29, 0.717) is 12.3 Å². The van der Waals surface area contributed by atoms with Gasteiger partial charge in [-0.2, -0.15) is 0 Å². The molecule has 0 saturated heterocycles. The molecule has 0 amide bonds. The number of allylic oxidation sites excluding steroid dienone is 2. The molecular weight excluding hydrogens is 589 g/mol. The van der Waals surface area contributed by atoms with Crippen molar-refractivity contribution < 1.29 is 13.6 Å². The second-order valence-electron chi connectivity index (χ2n) is 12.7. The van der Waals surface area contributed by atoms with Gasteiger partial charge in [-0.25, -0.2) is 8.78 Å². The first-order chi connectivity index (χ1) is 22.3. The fourth-order valence-corrected chi connectivity index (χ4v) is 10.7. The summed E-state index contributed by atoms with van der Waals surface area (Å²) in [5, 5.41) is 3.38. The van der Waals surface area contributed by atoms with E-state index in [-0.39, 0.29) is 23.9 Å². The van der Waals surface area contributed by atoms with Crippen LogP contribution in [-0.4, -0.2) is 11.7 Å². The summed E-state index contributed by atoms with van der Waals surface area (Å²) in [6.45, 7) is 10.6. The summed E-state index contributed by atoms with van der Waals surface area (Å²) < 4.78 is 30.3. The quantitative estimate of drug-likeness (QED) is 0.0879. The average Bonchev–Trinajstić information content (AvgIpc) is 3.09. The van der Waals surface area contributed by atoms with Crippen molar-refractivity contribution in [2.45, 2.75) is 124 Å². The second-order valence-corrected chi connectivity index (χ2v) is 16.2. The Hall–Kier alpha value is -2.64. The third-order valence-corrected chi connectivity index (χ3v) is 13.5. The highest BCUT2D eigenvalue weighted by Gasteiger charge is 2.54. The molecule has 3 atom stereocenters. The second kappa shape index (κ2) is 22.8. The Morgan fingerprint density at radius 3 is 1.52 bits per heavy atom. The third-order valence-electron chi connectivity index (χ3n) is 8.89. The Labute approximate surface area is 280 Å². The molecule has 0 aliphatic heterocycles. The molecule has 3 aromatic rings. The van der Waals surface area contributed by atoms with Gasteiger partial charge in [-0.15, -0.1) is 0 Å². The SMILES string of the molecule is CCCCCC(/C=C(\F)CC(=O)CCCC)CC.CCCCCC(C)C(F)[P+](c1ccccc1)(c1ccccc1)c1ccccc1. The van der Waals surface area contributed by atoms with Gasteiger partial charge in [0.1, 0.15) is 34.8 Å². The van der Waals surface area contributed by atoms with E-state index in [1.807, 2.05) is 61.5 Å². The van der Waals surface area contributed by atoms with Crippen molar-refractivity contribution in [1.82, 2.24) is 0 Å². The van der Waals surface area contributed by atoms with E-state index in [2.05, 4.69) is 64.1 Å². The average molecular weight is 650 g/mol. The zero-order valence-electron chi connectivity index (χ0n) is 29.3. The van der Waals surface area contributed by atoms with Crippen LogP contribution in [0.25, 0.3) is 0 Å². The van der Waals surface area contributed by atoms with E-state index in [9.17, 15) is 9.18 Å². The lowest BCUT2D eigenvalue weighted by Crippen LogP contribution is -2.39. The van der Waals surface area contributed by atoms with E-state index in [0.717, 1.165) is 60.9 Å². The van der Waals surface area contributed by atoms with Crippen LogP contribution in [0.1, 0.15) is 118 Å². The normalized spacial score (nSPS) is 13.8. The lowest BCUT2D eigenvalue weighted by atomic mass is 9.97. The topological polar surface area (TPSA) is 17.1 Å². The maximum absolute atomic E-state index is 16.6. The number of carbonyl (C=O) groups is 1. The molecule has 0 heterocycles. The van der Waals surface area contributed by atoms with Crippen LogP contribution in [0.15, 0.2) is 103 Å². The van der Waals surface area contributed by atoms with Crippen LogP contribution >= 0.6 is 7.26 Å². The molecule has 0 N–H and O–H groups in total. The van der Waals surface area contributed by atoms with Crippen molar-refractivity contribution in [2.24, 2.45) is 11.8 Å². The van der Waals surface area contributed by atoms with Crippen molar-refractivity contribution >= 4 is 29.0 Å². The van der Waals surface area contributed by atoms with Crippen LogP contribution in [0.3, 0.4) is 0 Å². The van der Waals surface area contributed by atoms with Gasteiger partial charge in [0.05, 0.1) is 6.42 Å². The highest BCUT2D eigenvalue weighted by molar-refractivity contribution is 7.96. The molecule has 0 aromatic heterocycles. The fraction of sp³-hybridized carbons (Fsp3) is 0.500. The largest absolute Gasteiger partial charge is 0.299 e. The van der Waals surface area contributed by atoms with Crippen molar-refractivity contribution in [1.29, 1.82) is 0 Å². The number of ketones is 1. The number of unbranched alkanes of at least 4 members (excludes halogenated alkanes) is 5. The molecule has 46 heavy (non-hydrogen) atoms.